The van der Waals surface area contributed by atoms with Crippen molar-refractivity contribution in [3.8, 4) is 0 Å². The lowest BCUT2D eigenvalue weighted by atomic mass is 9.92. The van der Waals surface area contributed by atoms with E-state index in [1.54, 1.807) is 4.90 Å². The maximum atomic E-state index is 12.8. The topological polar surface area (TPSA) is 81.8 Å². The van der Waals surface area contributed by atoms with Gasteiger partial charge in [-0.1, -0.05) is 0 Å². The van der Waals surface area contributed by atoms with Gasteiger partial charge >= 0.3 is 0 Å². The molecule has 2 bridgehead atoms. The van der Waals surface area contributed by atoms with Crippen molar-refractivity contribution >= 4 is 23.4 Å². The normalized spacial score (nSPS) is 30.6. The molecule has 136 valence electrons. The molecule has 5 heterocycles. The average molecular weight is 354 g/mol. The predicted molar refractivity (Wildman–Crippen MR) is 94.6 cm³/mol. The molecule has 4 saturated heterocycles. The number of hydrogen-bond acceptors (Lipinski definition) is 5. The first kappa shape index (κ1) is 15.8. The van der Waals surface area contributed by atoms with Crippen LogP contribution in [0.1, 0.15) is 41.6 Å². The van der Waals surface area contributed by atoms with E-state index >= 15 is 0 Å². The zero-order valence-electron chi connectivity index (χ0n) is 14.5. The summed E-state index contributed by atoms with van der Waals surface area (Å²) in [5, 5.41) is 5.91. The Morgan fingerprint density at radius 1 is 1.04 bits per heavy atom. The molecule has 26 heavy (non-hydrogen) atoms. The molecule has 4 fully saturated rings. The molecule has 2 N–H and O–H groups in total. The molecular formula is C19H22N4O3. The summed E-state index contributed by atoms with van der Waals surface area (Å²) in [6.07, 6.45) is 3.12. The van der Waals surface area contributed by atoms with Crippen molar-refractivity contribution in [1.29, 1.82) is 0 Å². The van der Waals surface area contributed by atoms with Gasteiger partial charge < -0.3 is 15.1 Å². The van der Waals surface area contributed by atoms with Gasteiger partial charge in [0.2, 0.25) is 11.8 Å². The molecule has 6 rings (SSSR count). The van der Waals surface area contributed by atoms with Crippen molar-refractivity contribution < 1.29 is 14.4 Å². The molecule has 7 heteroatoms. The minimum Gasteiger partial charge on any atom is -0.366 e. The van der Waals surface area contributed by atoms with Crippen molar-refractivity contribution in [2.24, 2.45) is 0 Å². The van der Waals surface area contributed by atoms with E-state index in [0.717, 1.165) is 24.3 Å². The van der Waals surface area contributed by atoms with Gasteiger partial charge in [-0.25, -0.2) is 0 Å². The highest BCUT2D eigenvalue weighted by molar-refractivity contribution is 6.05. The number of imide groups is 1. The largest absolute Gasteiger partial charge is 0.366 e. The number of carbonyl (C=O) groups excluding carboxylic acids is 3. The smallest absolute Gasteiger partial charge is 0.255 e. The van der Waals surface area contributed by atoms with Gasteiger partial charge in [0, 0.05) is 49.4 Å². The number of hydrogen-bond donors (Lipinski definition) is 2. The van der Waals surface area contributed by atoms with Crippen LogP contribution in [0.4, 0.5) is 5.69 Å². The van der Waals surface area contributed by atoms with Gasteiger partial charge in [-0.3, -0.25) is 19.7 Å². The van der Waals surface area contributed by atoms with Crippen molar-refractivity contribution in [2.75, 3.05) is 18.0 Å². The van der Waals surface area contributed by atoms with E-state index in [9.17, 15) is 14.4 Å². The Hall–Kier alpha value is -2.41. The highest BCUT2D eigenvalue weighted by Gasteiger charge is 2.40. The summed E-state index contributed by atoms with van der Waals surface area (Å²) in [4.78, 5) is 40.4. The van der Waals surface area contributed by atoms with Crippen LogP contribution in [0.5, 0.6) is 0 Å². The fourth-order valence-corrected chi connectivity index (χ4v) is 4.76. The SMILES string of the molecule is O=C1CCC(N2Cc3cc(N4CC5CCC4CN5)ccc3C2=O)C(=O)N1. The summed E-state index contributed by atoms with van der Waals surface area (Å²) in [5.74, 6) is -0.726. The van der Waals surface area contributed by atoms with Crippen LogP contribution in [0.25, 0.3) is 0 Å². The molecule has 0 saturated carbocycles. The van der Waals surface area contributed by atoms with Crippen LogP contribution in [-0.4, -0.2) is 53.8 Å². The molecule has 0 aromatic heterocycles. The average Bonchev–Trinajstić information content (AvgIpc) is 2.98. The molecule has 0 aliphatic carbocycles. The molecule has 0 spiro atoms. The Labute approximate surface area is 151 Å². The van der Waals surface area contributed by atoms with E-state index in [2.05, 4.69) is 21.6 Å². The monoisotopic (exact) mass is 354 g/mol. The number of nitrogens with zero attached hydrogens (tertiary/aromatic N) is 2. The number of carbonyl (C=O) groups is 3. The number of anilines is 1. The second-order valence-electron chi connectivity index (χ2n) is 7.73. The Morgan fingerprint density at radius 3 is 2.62 bits per heavy atom. The van der Waals surface area contributed by atoms with Gasteiger partial charge in [-0.05, 0) is 43.0 Å². The van der Waals surface area contributed by atoms with Crippen molar-refractivity contribution in [2.45, 2.75) is 50.4 Å². The van der Waals surface area contributed by atoms with Crippen molar-refractivity contribution in [3.05, 3.63) is 29.3 Å². The van der Waals surface area contributed by atoms with Crippen LogP contribution in [0.15, 0.2) is 18.2 Å². The minimum atomic E-state index is -0.550. The summed E-state index contributed by atoms with van der Waals surface area (Å²) in [5.41, 5.74) is 2.82. The first-order valence-corrected chi connectivity index (χ1v) is 9.38. The van der Waals surface area contributed by atoms with E-state index in [-0.39, 0.29) is 24.1 Å². The first-order valence-electron chi connectivity index (χ1n) is 9.38. The fraction of sp³-hybridized carbons (Fsp3) is 0.526. The Kier molecular flexibility index (Phi) is 3.53. The number of nitrogens with one attached hydrogen (secondary N) is 2. The highest BCUT2D eigenvalue weighted by Crippen LogP contribution is 2.33. The predicted octanol–water partition coefficient (Wildman–Crippen LogP) is 0.388. The molecule has 3 amide bonds. The summed E-state index contributed by atoms with van der Waals surface area (Å²) in [6, 6.07) is 6.56. The van der Waals surface area contributed by atoms with Gasteiger partial charge in [0.15, 0.2) is 0 Å². The lowest BCUT2D eigenvalue weighted by molar-refractivity contribution is -0.136. The molecule has 0 radical (unpaired) electrons. The molecule has 7 nitrogen and oxygen atoms in total. The van der Waals surface area contributed by atoms with Crippen LogP contribution in [0.2, 0.25) is 0 Å². The van der Waals surface area contributed by atoms with E-state index in [1.807, 2.05) is 12.1 Å². The number of piperazine rings is 1. The first-order chi connectivity index (χ1) is 12.6. The molecule has 5 aliphatic heterocycles. The second-order valence-corrected chi connectivity index (χ2v) is 7.73. The third-order valence-corrected chi connectivity index (χ3v) is 6.19. The standard InChI is InChI=1S/C19H22N4O3/c24-17-6-5-16(18(25)21-17)23-9-11-7-13(3-4-15(11)19(23)26)22-10-12-1-2-14(22)8-20-12/h3-4,7,12,14,16,20H,1-2,5-6,8-10H2,(H,21,24,25). The summed E-state index contributed by atoms with van der Waals surface area (Å²) >= 11 is 0. The summed E-state index contributed by atoms with van der Waals surface area (Å²) in [7, 11) is 0. The summed E-state index contributed by atoms with van der Waals surface area (Å²) < 4.78 is 0. The van der Waals surface area contributed by atoms with E-state index < -0.39 is 6.04 Å². The van der Waals surface area contributed by atoms with E-state index in [0.29, 0.717) is 30.6 Å². The van der Waals surface area contributed by atoms with Gasteiger partial charge in [0.05, 0.1) is 0 Å². The molecular weight excluding hydrogens is 332 g/mol. The number of benzene rings is 1. The second kappa shape index (κ2) is 5.81. The van der Waals surface area contributed by atoms with Crippen LogP contribution in [-0.2, 0) is 16.1 Å². The number of amides is 3. The molecule has 3 atom stereocenters. The lowest BCUT2D eigenvalue weighted by Crippen LogP contribution is -2.61. The van der Waals surface area contributed by atoms with Crippen LogP contribution in [0.3, 0.4) is 0 Å². The lowest BCUT2D eigenvalue weighted by Gasteiger charge is -2.47. The van der Waals surface area contributed by atoms with Gasteiger partial charge in [0.1, 0.15) is 6.04 Å². The number of piperidine rings is 3. The fourth-order valence-electron chi connectivity index (χ4n) is 4.76. The maximum Gasteiger partial charge on any atom is 0.255 e. The van der Waals surface area contributed by atoms with Gasteiger partial charge in [-0.2, -0.15) is 0 Å². The maximum absolute atomic E-state index is 12.8. The zero-order chi connectivity index (χ0) is 17.8. The Morgan fingerprint density at radius 2 is 1.92 bits per heavy atom. The highest BCUT2D eigenvalue weighted by atomic mass is 16.2. The van der Waals surface area contributed by atoms with E-state index in [1.165, 1.54) is 12.8 Å². The molecule has 1 aromatic rings. The quantitative estimate of drug-likeness (QED) is 0.751. The number of rotatable bonds is 2. The molecule has 3 unspecified atom stereocenters. The Balaban J connectivity index is 1.39. The molecule has 1 aromatic carbocycles. The van der Waals surface area contributed by atoms with Crippen LogP contribution in [0, 0.1) is 0 Å². The summed E-state index contributed by atoms with van der Waals surface area (Å²) in [6.45, 7) is 2.46. The van der Waals surface area contributed by atoms with E-state index in [4.69, 9.17) is 0 Å². The zero-order valence-corrected chi connectivity index (χ0v) is 14.5. The van der Waals surface area contributed by atoms with Crippen LogP contribution >= 0.6 is 0 Å². The molecule has 5 aliphatic rings. The van der Waals surface area contributed by atoms with Gasteiger partial charge in [0.25, 0.3) is 5.91 Å². The third kappa shape index (κ3) is 2.41. The number of fused-ring (bicyclic) bond motifs is 4. The third-order valence-electron chi connectivity index (χ3n) is 6.19. The van der Waals surface area contributed by atoms with Crippen molar-refractivity contribution in [1.82, 2.24) is 15.5 Å². The van der Waals surface area contributed by atoms with Gasteiger partial charge in [-0.15, -0.1) is 0 Å². The minimum absolute atomic E-state index is 0.108. The Bertz CT molecular complexity index is 800. The van der Waals surface area contributed by atoms with Crippen molar-refractivity contribution in [3.63, 3.8) is 0 Å². The van der Waals surface area contributed by atoms with Crippen LogP contribution < -0.4 is 15.5 Å².